The van der Waals surface area contributed by atoms with Gasteiger partial charge in [0.05, 0.1) is 28.2 Å². The number of fused-ring (bicyclic) bond motifs is 2. The van der Waals surface area contributed by atoms with Crippen LogP contribution >= 0.6 is 15.9 Å². The summed E-state index contributed by atoms with van der Waals surface area (Å²) in [4.78, 5) is 0. The van der Waals surface area contributed by atoms with Crippen LogP contribution in [0.2, 0.25) is 54.6 Å². The molecule has 0 atom stereocenters. The quantitative estimate of drug-likeness (QED) is 0.0668. The van der Waals surface area contributed by atoms with Crippen LogP contribution in [0.3, 0.4) is 0 Å². The number of hydrogen-bond donors (Lipinski definition) is 0. The van der Waals surface area contributed by atoms with Gasteiger partial charge >= 0.3 is 0 Å². The highest BCUT2D eigenvalue weighted by atomic mass is 79.9. The van der Waals surface area contributed by atoms with Crippen LogP contribution in [0, 0.1) is 93.6 Å². The fourth-order valence-electron chi connectivity index (χ4n) is 16.1. The number of quaternary nitrogens is 1. The Kier molecular flexibility index (Phi) is 62.1. The highest BCUT2D eigenvalue weighted by Gasteiger charge is 2.10. The minimum absolute atomic E-state index is 0. The molecule has 0 aliphatic carbocycles. The molecule has 15 aromatic carbocycles. The molecule has 0 bridgehead atoms. The second-order valence-corrected chi connectivity index (χ2v) is 35.3. The largest absolute Gasteiger partial charge is 0.333 e. The van der Waals surface area contributed by atoms with Gasteiger partial charge in [-0.2, -0.15) is 0 Å². The number of aryl methyl sites for hydroxylation is 13. The van der Waals surface area contributed by atoms with Crippen molar-refractivity contribution in [3.8, 4) is 0 Å². The Hall–Kier alpha value is -10.4. The van der Waals surface area contributed by atoms with E-state index in [2.05, 4.69) is 414 Å². The Labute approximate surface area is 837 Å². The predicted molar refractivity (Wildman–Crippen MR) is 626 cm³/mol. The molecule has 15 radical (unpaired) electrons. The zero-order valence-electron chi connectivity index (χ0n) is 81.3. The molecule has 15 rings (SSSR count). The highest BCUT2D eigenvalue weighted by molar-refractivity contribution is 9.10. The van der Waals surface area contributed by atoms with Crippen LogP contribution < -0.4 is 65.6 Å². The van der Waals surface area contributed by atoms with Gasteiger partial charge in [-0.05, 0) is 124 Å². The van der Waals surface area contributed by atoms with Crippen molar-refractivity contribution in [2.45, 2.75) is 216 Å². The van der Waals surface area contributed by atoms with Crippen LogP contribution in [0.25, 0.3) is 21.5 Å². The van der Waals surface area contributed by atoms with E-state index in [1.54, 1.807) is 23.7 Å². The van der Waals surface area contributed by atoms with Gasteiger partial charge in [-0.25, -0.2) is 107 Å². The van der Waals surface area contributed by atoms with Crippen LogP contribution in [0.5, 0.6) is 0 Å². The summed E-state index contributed by atoms with van der Waals surface area (Å²) in [7, 11) is 20.7. The lowest BCUT2D eigenvalue weighted by Crippen LogP contribution is -2.43. The Balaban J connectivity index is 0. The number of rotatable bonds is 16. The van der Waals surface area contributed by atoms with Crippen LogP contribution in [-0.2, 0) is 19.2 Å². The van der Waals surface area contributed by atoms with Crippen molar-refractivity contribution >= 4 is 167 Å². The summed E-state index contributed by atoms with van der Waals surface area (Å²) in [5.74, 6) is -0.526. The third kappa shape index (κ3) is 42.8. The molecule has 0 heterocycles. The SMILES string of the molecule is C.C.C.C.C.C.C.CCc1cc(C)cc(CC)c1[B-](C)c1ccccc1.C[B-](c1c(C)cc(C)cc1C)c1cccc2ccccc12.C[B-](c1ccccc1)c1cccc2ccccc12.C[B-]c1c(C)cc(C)cc1C.C[B-]c1cccc(Br)c1.C[B-]c1cccc(F)c1.C[B-]c1cccc(F)c1.C[B-]c1cccc(F)c1.C[N+](C)(C)C.Cc1cccc(C)c1[B-]Cc1c(C)cccc1C. The minimum Gasteiger partial charge on any atom is -0.333 e. The first-order valence-electron chi connectivity index (χ1n) is 45.2. The molecular weight excluding hydrogens is 1700 g/mol. The maximum absolute atomic E-state index is 12.3. The predicted octanol–water partition coefficient (Wildman–Crippen LogP) is 26.1. The molecule has 0 fully saturated rings. The van der Waals surface area contributed by atoms with Gasteiger partial charge in [0.15, 0.2) is 0 Å². The third-order valence-electron chi connectivity index (χ3n) is 22.5. The lowest BCUT2D eigenvalue weighted by atomic mass is 9.40. The molecule has 0 aliphatic heterocycles. The molecular formula is C121H161B9BrF3N-8. The van der Waals surface area contributed by atoms with Crippen molar-refractivity contribution in [3.05, 3.63) is 415 Å². The van der Waals surface area contributed by atoms with Crippen LogP contribution in [0.1, 0.15) is 144 Å². The molecule has 15 aromatic rings. The minimum atomic E-state index is -0.175. The fraction of sp³-hybridized carbons (Fsp3) is 0.289. The summed E-state index contributed by atoms with van der Waals surface area (Å²) in [5, 5.41) is 5.37. The van der Waals surface area contributed by atoms with Crippen LogP contribution in [0.4, 0.5) is 13.2 Å². The highest BCUT2D eigenvalue weighted by Crippen LogP contribution is 2.19. The first kappa shape index (κ1) is 127. The second kappa shape index (κ2) is 66.2. The number of benzene rings is 15. The molecule has 135 heavy (non-hydrogen) atoms. The molecule has 0 spiro atoms. The van der Waals surface area contributed by atoms with Crippen LogP contribution in [0.15, 0.2) is 320 Å². The summed E-state index contributed by atoms with van der Waals surface area (Å²) in [6.07, 6.45) is 3.24. The lowest BCUT2D eigenvalue weighted by molar-refractivity contribution is -0.849. The van der Waals surface area contributed by atoms with Gasteiger partial charge in [-0.3, -0.25) is 40.1 Å². The van der Waals surface area contributed by atoms with Crippen LogP contribution in [-0.4, -0.2) is 96.5 Å². The maximum atomic E-state index is 12.3. The van der Waals surface area contributed by atoms with Crippen molar-refractivity contribution < 1.29 is 17.7 Å². The van der Waals surface area contributed by atoms with Gasteiger partial charge in [0.2, 0.25) is 0 Å². The van der Waals surface area contributed by atoms with Gasteiger partial charge in [-0.15, -0.1) is 48.5 Å². The van der Waals surface area contributed by atoms with Crippen molar-refractivity contribution in [2.24, 2.45) is 0 Å². The van der Waals surface area contributed by atoms with Crippen molar-refractivity contribution in [1.29, 1.82) is 0 Å². The Morgan fingerprint density at radius 3 is 0.933 bits per heavy atom. The summed E-state index contributed by atoms with van der Waals surface area (Å²) in [6, 6.07) is 106. The van der Waals surface area contributed by atoms with Crippen molar-refractivity contribution in [3.63, 3.8) is 0 Å². The second-order valence-electron chi connectivity index (χ2n) is 34.4. The van der Waals surface area contributed by atoms with E-state index in [9.17, 15) is 13.2 Å². The van der Waals surface area contributed by atoms with Gasteiger partial charge in [-0.1, -0.05) is 433 Å². The van der Waals surface area contributed by atoms with Gasteiger partial charge in [0.1, 0.15) is 17.5 Å². The molecule has 713 valence electrons. The maximum Gasteiger partial charge on any atom is 0.119 e. The number of hydrogen-bond acceptors (Lipinski definition) is 0. The standard InChI is InChI=1S/C20H21B.C18H23B.C17H15B.C17H20B.C10H14B.C7H7BBr.3C7H7BF.C4H12N.7CH4/c1-14-12-15(2)20(16(3)13-14)21(4)19-11-7-9-17-8-5-6-10-18(17)19;1-5-15-12-14(3)13-16(6-2)18(15)19(4)17-10-8-7-9-11-17;1-18(15-10-3-2-4-11-15)17-13-7-9-14-8-5-6-12-16(14)17;1-12-7-5-8-13(2)16(12)11-18-17-14(3)9-6-10-15(17)4;1-7-5-8(2)10(11-4)9(3)6-7;4*1-8-6-3-2-4-7(9)5-6;1-5(2,3)4;;;;;;;/h5-13H,1-4H3;7-13H,5-6H2,1-4H3;2-13H,1H3;5-10H,11H2,1-4H3;5-6H,1-4H3;4*2-5H,1H3;1-4H3;7*1H4/q9*-1;+1;;;;;;;. The lowest BCUT2D eigenvalue weighted by Gasteiger charge is -2.31. The smallest absolute Gasteiger partial charge is 0.119 e. The molecule has 0 amide bonds. The molecule has 0 saturated carbocycles. The van der Waals surface area contributed by atoms with Gasteiger partial charge in [0.25, 0.3) is 0 Å². The first-order valence-corrected chi connectivity index (χ1v) is 46.0. The molecule has 0 N–H and O–H groups in total. The van der Waals surface area contributed by atoms with Crippen molar-refractivity contribution in [1.82, 2.24) is 0 Å². The van der Waals surface area contributed by atoms with Gasteiger partial charge < -0.3 is 40.9 Å². The molecule has 14 heteroatoms. The third-order valence-corrected chi connectivity index (χ3v) is 23.0. The summed E-state index contributed by atoms with van der Waals surface area (Å²) < 4.78 is 39.1. The average molecular weight is 1860 g/mol. The van der Waals surface area contributed by atoms with E-state index in [0.717, 1.165) is 44.5 Å². The normalized spacial score (nSPS) is 10.0. The fourth-order valence-corrected chi connectivity index (χ4v) is 16.5. The zero-order valence-corrected chi connectivity index (χ0v) is 82.9. The zero-order chi connectivity index (χ0) is 94.0. The topological polar surface area (TPSA) is 0 Å². The van der Waals surface area contributed by atoms with E-state index in [1.165, 1.54) is 180 Å². The Morgan fingerprint density at radius 2 is 0.593 bits per heavy atom. The summed E-state index contributed by atoms with van der Waals surface area (Å²) >= 11 is 3.38. The van der Waals surface area contributed by atoms with Gasteiger partial charge in [0, 0.05) is 4.47 Å². The molecule has 0 unspecified atom stereocenters. The monoisotopic (exact) mass is 1860 g/mol. The summed E-state index contributed by atoms with van der Waals surface area (Å²) in [6.45, 7) is 46.6. The average Bonchev–Trinajstić information content (AvgIpc) is 0.790. The first-order chi connectivity index (χ1) is 61.1. The molecule has 0 saturated heterocycles. The number of nitrogens with zero attached hydrogens (tertiary/aromatic N) is 1. The molecule has 1 nitrogen and oxygen atoms in total. The summed E-state index contributed by atoms with van der Waals surface area (Å²) in [5.41, 5.74) is 35.0. The van der Waals surface area contributed by atoms with E-state index in [1.807, 2.05) is 79.5 Å². The van der Waals surface area contributed by atoms with E-state index in [-0.39, 0.29) is 69.4 Å². The van der Waals surface area contributed by atoms with E-state index < -0.39 is 0 Å². The molecule has 0 aliphatic rings. The van der Waals surface area contributed by atoms with E-state index in [4.69, 9.17) is 0 Å². The van der Waals surface area contributed by atoms with E-state index in [0.29, 0.717) is 20.1 Å². The Morgan fingerprint density at radius 1 is 0.289 bits per heavy atom. The molecule has 0 aromatic heterocycles. The van der Waals surface area contributed by atoms with Crippen molar-refractivity contribution in [2.75, 3.05) is 28.2 Å². The Bertz CT molecular complexity index is 5520. The number of halogens is 4. The van der Waals surface area contributed by atoms with E-state index >= 15 is 0 Å².